The third-order valence-electron chi connectivity index (χ3n) is 22.7. The van der Waals surface area contributed by atoms with Crippen LogP contribution in [-0.2, 0) is 93.7 Å². The summed E-state index contributed by atoms with van der Waals surface area (Å²) in [5.74, 6) is -2.33. The first-order valence-electron chi connectivity index (χ1n) is 44.5. The number of alkyl halides is 1. The number of para-hydroxylation sites is 3. The van der Waals surface area contributed by atoms with Gasteiger partial charge in [-0.1, -0.05) is 179 Å². The first kappa shape index (κ1) is 120. The molecule has 43 heteroatoms. The molecule has 4 aliphatic carbocycles. The van der Waals surface area contributed by atoms with E-state index in [1.54, 1.807) is 84.9 Å². The van der Waals surface area contributed by atoms with Gasteiger partial charge in [0.1, 0.15) is 65.7 Å². The Kier molecular flexibility index (Phi) is 51.2. The first-order chi connectivity index (χ1) is 65.6. The van der Waals surface area contributed by atoms with E-state index in [2.05, 4.69) is 76.5 Å². The number of carbonyl (C=O) groups is 12. The number of nitrogens with one attached hydrogen (secondary N) is 5. The number of amides is 7. The van der Waals surface area contributed by atoms with Crippen molar-refractivity contribution in [1.29, 1.82) is 0 Å². The van der Waals surface area contributed by atoms with Crippen molar-refractivity contribution in [3.8, 4) is 0 Å². The number of carbonyl (C=O) groups excluding carboxylic acids is 11. The topological polar surface area (TPSA) is 465 Å². The van der Waals surface area contributed by atoms with E-state index in [4.69, 9.17) is 83.5 Å². The minimum Gasteiger partial charge on any atom is -1.00 e. The molecule has 7 amide bonds. The standard InChI is InChI=1S/C26H28ClFN4O3.C25H27ClFN5O3.C15H20ClFN2O.C10H9BrClFO.C10H9N3O3.C10H20N2O2.CH2O3.2K.H/c1-16-10-18(11-16)13-31(14-23(34)29-12-19-6-5-8-21(27)25(19)28)24(35)15-32-22-9-4-3-7-20(22)26(30-32)17(2)33;1-15(33)25-19-6-2-3-8-21(19)32(30-25)14-23(35)31(12-16-9-18(28)10-16)13-22(34)29-11-17-5-4-7-20(26)24(17)27;1-10-5-11(6-10)7-18-9-14(20)19-8-12-3-2-4-13(16)15(12)17;11-6-8(14)5-4-7-2-1-3-9(12)10(7)13;11-10(16)9-6-3-1-2-4-7(6)13(12-9)5-8(14)15;1-10(2,3)14-9(13)12-8-4-7(5-8)6-11;2-1-4-3;;;/h3-9,16,18H,10-15H2,1-2H3,(H,29,34);2-8,16,18H,9-14,28H2,1H3,(H,29,34);2-4,10-11,18H,5-9H2,1H3,(H,19,20);1-3H,4-6H2;1-4H,5H2,(H2,11,16)(H,14,15);7-8H,4-6,11H2,1-3H3,(H,12,13);1,3H;;;/q;;;;;;;2*+1;-1/p-1. The van der Waals surface area contributed by atoms with Crippen molar-refractivity contribution in [2.24, 2.45) is 52.7 Å². The number of hydrogen-bond acceptors (Lipinski definition) is 21. The number of primary amides is 1. The van der Waals surface area contributed by atoms with E-state index in [0.717, 1.165) is 51.0 Å². The van der Waals surface area contributed by atoms with Crippen molar-refractivity contribution < 1.29 is 199 Å². The van der Waals surface area contributed by atoms with Gasteiger partial charge in [0.05, 0.1) is 61.6 Å². The van der Waals surface area contributed by atoms with Gasteiger partial charge in [-0.05, 0) is 175 Å². The van der Waals surface area contributed by atoms with Crippen molar-refractivity contribution in [3.63, 3.8) is 0 Å². The molecule has 14 rings (SSSR count). The number of Topliss-reactive ketones (excluding diaryl/α,β-unsaturated/α-hetero) is 3. The Bertz CT molecular complexity index is 5730. The van der Waals surface area contributed by atoms with Crippen molar-refractivity contribution in [2.75, 3.05) is 51.1 Å². The molecule has 3 aromatic heterocycles. The summed E-state index contributed by atoms with van der Waals surface area (Å²) >= 11 is 25.9. The maximum atomic E-state index is 14.2. The number of nitrogens with two attached hydrogens (primary N) is 3. The molecular formula is C97H115BrCl4F4K2N16O16. The summed E-state index contributed by atoms with van der Waals surface area (Å²) in [6.07, 6.45) is 8.40. The summed E-state index contributed by atoms with van der Waals surface area (Å²) in [7, 11) is 0. The summed E-state index contributed by atoms with van der Waals surface area (Å²) in [6.45, 7) is 14.6. The van der Waals surface area contributed by atoms with Crippen LogP contribution < -0.4 is 152 Å². The number of ether oxygens (including phenoxy) is 1. The van der Waals surface area contributed by atoms with E-state index in [-0.39, 0.29) is 272 Å². The Morgan fingerprint density at radius 2 is 0.907 bits per heavy atom. The summed E-state index contributed by atoms with van der Waals surface area (Å²) in [5, 5.41) is 46.1. The van der Waals surface area contributed by atoms with Crippen LogP contribution in [0.15, 0.2) is 146 Å². The van der Waals surface area contributed by atoms with Gasteiger partial charge in [0.15, 0.2) is 17.3 Å². The zero-order valence-corrected chi connectivity index (χ0v) is 90.2. The Morgan fingerprint density at radius 3 is 1.27 bits per heavy atom. The van der Waals surface area contributed by atoms with Crippen LogP contribution in [0.3, 0.4) is 0 Å². The fraction of sp³-hybridized carbons (Fsp3) is 0.412. The Balaban J connectivity index is 0.000000307. The largest absolute Gasteiger partial charge is 1.00 e. The summed E-state index contributed by atoms with van der Waals surface area (Å²) in [4.78, 5) is 146. The SMILES string of the molecule is CC(=O)c1nn(CC(=O)N(CC(=O)NCc2cccc(Cl)c2F)CC2CC(C)C2)c2ccccc12.CC(=O)c1nn(CC(=O)N(CC(=O)NCc2cccc(Cl)c2F)CC2CC(N)C2)c2ccccc12.CC(C)(C)OC(=O)NC1CC(CN)C1.CC1CC(CNCC(=O)NCc2cccc(Cl)c2F)C1.NC(=O)c1nn(CC(=O)O)c2ccccc12.O=C(CBr)CCc1cccc(Cl)c1F.O=CO[O-].[H-].[K+].[K+]. The number of halogens is 9. The fourth-order valence-electron chi connectivity index (χ4n) is 15.7. The number of rotatable bonds is 34. The van der Waals surface area contributed by atoms with Crippen molar-refractivity contribution in [3.05, 3.63) is 228 Å². The maximum Gasteiger partial charge on any atom is 1.00 e. The van der Waals surface area contributed by atoms with Gasteiger partial charge in [-0.15, -0.1) is 0 Å². The van der Waals surface area contributed by atoms with Crippen molar-refractivity contribution >= 4 is 166 Å². The maximum absolute atomic E-state index is 14.2. The number of nitrogens with zero attached hydrogens (tertiary/aromatic N) is 8. The molecule has 0 spiro atoms. The van der Waals surface area contributed by atoms with Crippen LogP contribution in [0, 0.1) is 58.8 Å². The van der Waals surface area contributed by atoms with Gasteiger partial charge in [-0.2, -0.15) is 15.3 Å². The molecule has 0 unspecified atom stereocenters. The number of aryl methyl sites for hydroxylation is 1. The van der Waals surface area contributed by atoms with Gasteiger partial charge in [-0.25, -0.2) is 22.4 Å². The molecule has 140 heavy (non-hydrogen) atoms. The van der Waals surface area contributed by atoms with E-state index in [1.807, 2.05) is 51.1 Å². The molecular weight excluding hydrogens is 2020 g/mol. The van der Waals surface area contributed by atoms with Crippen LogP contribution in [-0.4, -0.2) is 184 Å². The van der Waals surface area contributed by atoms with Crippen LogP contribution in [0.1, 0.15) is 161 Å². The minimum atomic E-state index is -1.02. The zero-order chi connectivity index (χ0) is 101. The quantitative estimate of drug-likeness (QED) is 0.00364. The molecule has 32 nitrogen and oxygen atoms in total. The van der Waals surface area contributed by atoms with E-state index >= 15 is 0 Å². The van der Waals surface area contributed by atoms with Gasteiger partial charge in [0.25, 0.3) is 12.4 Å². The molecule has 10 aromatic rings. The van der Waals surface area contributed by atoms with E-state index in [1.165, 1.54) is 80.9 Å². The Morgan fingerprint density at radius 1 is 0.543 bits per heavy atom. The molecule has 3 heterocycles. The van der Waals surface area contributed by atoms with E-state index < -0.39 is 46.7 Å². The molecule has 7 aromatic carbocycles. The van der Waals surface area contributed by atoms with Gasteiger partial charge in [0, 0.05) is 97.9 Å². The Hall–Kier alpha value is -8.54. The van der Waals surface area contributed by atoms with Crippen LogP contribution in [0.5, 0.6) is 0 Å². The van der Waals surface area contributed by atoms with E-state index in [9.17, 15) is 70.3 Å². The molecule has 4 saturated carbocycles. The van der Waals surface area contributed by atoms with Crippen molar-refractivity contribution in [2.45, 2.75) is 170 Å². The summed E-state index contributed by atoms with van der Waals surface area (Å²) in [5.41, 5.74) is 20.2. The zero-order valence-electron chi connectivity index (χ0n) is 80.3. The molecule has 0 atom stereocenters. The van der Waals surface area contributed by atoms with Crippen LogP contribution in [0.4, 0.5) is 22.4 Å². The number of fused-ring (bicyclic) bond motifs is 3. The average Bonchev–Trinajstić information content (AvgIpc) is 1.65. The number of carboxylic acids is 1. The predicted molar refractivity (Wildman–Crippen MR) is 517 cm³/mol. The average molecular weight is 2140 g/mol. The van der Waals surface area contributed by atoms with Gasteiger partial charge >= 0.3 is 115 Å². The molecule has 4 aliphatic rings. The third kappa shape index (κ3) is 38.2. The second-order valence-corrected chi connectivity index (χ2v) is 37.3. The number of aromatic nitrogens is 6. The number of aliphatic carboxylic acids is 1. The number of carboxylic acid groups (broad SMARTS) is 1. The molecule has 0 aliphatic heterocycles. The second kappa shape index (κ2) is 59.6. The Labute approximate surface area is 923 Å². The minimum absolute atomic E-state index is 0. The smallest absolute Gasteiger partial charge is 1.00 e. The molecule has 0 bridgehead atoms. The number of benzene rings is 7. The molecule has 12 N–H and O–H groups in total. The first-order valence-corrected chi connectivity index (χ1v) is 47.1. The second-order valence-electron chi connectivity index (χ2n) is 35.1. The van der Waals surface area contributed by atoms with Crippen LogP contribution in [0.2, 0.25) is 20.1 Å². The van der Waals surface area contributed by atoms with E-state index in [0.29, 0.717) is 117 Å². The predicted octanol–water partition coefficient (Wildman–Crippen LogP) is 7.27. The van der Waals surface area contributed by atoms with Crippen LogP contribution in [0.25, 0.3) is 32.7 Å². The number of alkyl carbamates (subject to hydrolysis) is 1. The fourth-order valence-corrected chi connectivity index (χ4v) is 16.8. The summed E-state index contributed by atoms with van der Waals surface area (Å²) < 4.78 is 64.6. The third-order valence-corrected chi connectivity index (χ3v) is 24.5. The molecule has 0 radical (unpaired) electrons. The van der Waals surface area contributed by atoms with Gasteiger partial charge < -0.3 is 75.0 Å². The summed E-state index contributed by atoms with van der Waals surface area (Å²) in [6, 6.07) is 40.4. The van der Waals surface area contributed by atoms with Crippen LogP contribution >= 0.6 is 62.3 Å². The van der Waals surface area contributed by atoms with Gasteiger partial charge in [-0.3, -0.25) is 66.8 Å². The monoisotopic (exact) mass is 2130 g/mol. The normalized spacial score (nSPS) is 16.6. The van der Waals surface area contributed by atoms with Gasteiger partial charge in [0.2, 0.25) is 29.5 Å². The molecule has 4 fully saturated rings. The molecule has 0 saturated heterocycles. The van der Waals surface area contributed by atoms with Crippen molar-refractivity contribution in [1.82, 2.24) is 65.7 Å². The number of ketones is 3. The molecule has 744 valence electrons. The number of hydrogen-bond donors (Lipinski definition) is 9.